The summed E-state index contributed by atoms with van der Waals surface area (Å²) in [6, 6.07) is 4.29. The predicted molar refractivity (Wildman–Crippen MR) is 43.8 cm³/mol. The van der Waals surface area contributed by atoms with E-state index in [0.29, 0.717) is 0 Å². The van der Waals surface area contributed by atoms with E-state index >= 15 is 0 Å². The third-order valence-corrected chi connectivity index (χ3v) is 6.91. The Morgan fingerprint density at radius 1 is 1.33 bits per heavy atom. The van der Waals surface area contributed by atoms with Crippen LogP contribution in [0, 0.1) is 0 Å². The zero-order valence-electron chi connectivity index (χ0n) is 6.23. The van der Waals surface area contributed by atoms with E-state index in [4.69, 9.17) is 0 Å². The number of hydrogen-bond donors (Lipinski definition) is 1. The quantitative estimate of drug-likeness (QED) is 0.704. The molecule has 0 aliphatic rings. The van der Waals surface area contributed by atoms with Crippen LogP contribution in [0.15, 0.2) is 18.3 Å². The van der Waals surface area contributed by atoms with Gasteiger partial charge in [-0.1, -0.05) is 0 Å². The van der Waals surface area contributed by atoms with Gasteiger partial charge >= 0.3 is 60.2 Å². The molecule has 9 heavy (non-hydrogen) atoms. The monoisotopic (exact) mass is 231 g/mol. The molecule has 1 aromatic heterocycles. The van der Waals surface area contributed by atoms with Crippen LogP contribution in [0.25, 0.3) is 0 Å². The second kappa shape index (κ2) is 2.37. The summed E-state index contributed by atoms with van der Waals surface area (Å²) in [5.74, 6) is 0. The van der Waals surface area contributed by atoms with Crippen molar-refractivity contribution in [3.05, 3.63) is 18.3 Å². The van der Waals surface area contributed by atoms with Gasteiger partial charge in [0.2, 0.25) is 0 Å². The third-order valence-electron chi connectivity index (χ3n) is 1.41. The molecule has 0 aliphatic heterocycles. The second-order valence-electron chi connectivity index (χ2n) is 3.33. The van der Waals surface area contributed by atoms with Crippen LogP contribution in [-0.2, 0) is 0 Å². The topological polar surface area (TPSA) is 15.8 Å². The van der Waals surface area contributed by atoms with Crippen molar-refractivity contribution in [2.24, 2.45) is 0 Å². The number of nitrogens with one attached hydrogen (secondary N) is 1. The first-order chi connectivity index (χ1) is 4.11. The van der Waals surface area contributed by atoms with Crippen LogP contribution in [0.2, 0.25) is 14.8 Å². The third kappa shape index (κ3) is 1.75. The van der Waals surface area contributed by atoms with Gasteiger partial charge in [-0.05, 0) is 0 Å². The Morgan fingerprint density at radius 2 is 2.00 bits per heavy atom. The van der Waals surface area contributed by atoms with E-state index < -0.39 is 18.4 Å². The van der Waals surface area contributed by atoms with Crippen LogP contribution in [0.3, 0.4) is 0 Å². The molecule has 0 aromatic carbocycles. The van der Waals surface area contributed by atoms with Crippen molar-refractivity contribution in [3.8, 4) is 0 Å². The zero-order chi connectivity index (χ0) is 6.91. The average Bonchev–Trinajstić information content (AvgIpc) is 2.08. The van der Waals surface area contributed by atoms with E-state index in [-0.39, 0.29) is 0 Å². The van der Waals surface area contributed by atoms with E-state index in [1.165, 1.54) is 3.71 Å². The van der Waals surface area contributed by atoms with Gasteiger partial charge in [0.1, 0.15) is 0 Å². The van der Waals surface area contributed by atoms with Crippen LogP contribution in [-0.4, -0.2) is 23.4 Å². The fourth-order valence-corrected chi connectivity index (χ4v) is 3.97. The van der Waals surface area contributed by atoms with Crippen molar-refractivity contribution < 1.29 is 0 Å². The van der Waals surface area contributed by atoms with Gasteiger partial charge in [0.25, 0.3) is 0 Å². The van der Waals surface area contributed by atoms with Gasteiger partial charge < -0.3 is 0 Å². The Morgan fingerprint density at radius 3 is 2.22 bits per heavy atom. The van der Waals surface area contributed by atoms with Crippen molar-refractivity contribution in [2.45, 2.75) is 14.8 Å². The van der Waals surface area contributed by atoms with Gasteiger partial charge in [0, 0.05) is 0 Å². The molecule has 0 amide bonds. The van der Waals surface area contributed by atoms with Gasteiger partial charge in [-0.25, -0.2) is 0 Å². The summed E-state index contributed by atoms with van der Waals surface area (Å²) in [5.41, 5.74) is 0. The molecule has 0 radical (unpaired) electrons. The van der Waals surface area contributed by atoms with Crippen LogP contribution >= 0.6 is 0 Å². The molecule has 0 aliphatic carbocycles. The molecule has 1 N–H and O–H groups in total. The van der Waals surface area contributed by atoms with Gasteiger partial charge in [-0.2, -0.15) is 0 Å². The summed E-state index contributed by atoms with van der Waals surface area (Å²) in [5, 5.41) is 0. The van der Waals surface area contributed by atoms with Crippen molar-refractivity contribution in [1.29, 1.82) is 0 Å². The molecule has 1 aromatic rings. The van der Waals surface area contributed by atoms with Crippen molar-refractivity contribution in [2.75, 3.05) is 0 Å². The fourth-order valence-electron chi connectivity index (χ4n) is 0.797. The molecule has 0 atom stereocenters. The Bertz CT molecular complexity index is 171. The summed E-state index contributed by atoms with van der Waals surface area (Å²) in [6.45, 7) is 0. The summed E-state index contributed by atoms with van der Waals surface area (Å²) < 4.78 is 1.50. The molecular weight excluding hydrogens is 217 g/mol. The van der Waals surface area contributed by atoms with Crippen molar-refractivity contribution in [3.63, 3.8) is 0 Å². The Labute approximate surface area is 60.4 Å². The molecule has 50 valence electrons. The van der Waals surface area contributed by atoms with E-state index in [0.717, 1.165) is 0 Å². The van der Waals surface area contributed by atoms with Gasteiger partial charge in [0.15, 0.2) is 0 Å². The summed E-state index contributed by atoms with van der Waals surface area (Å²) in [6.07, 6.45) is 2.01. The van der Waals surface area contributed by atoms with Crippen LogP contribution in [0.1, 0.15) is 0 Å². The Kier molecular flexibility index (Phi) is 1.89. The van der Waals surface area contributed by atoms with Crippen molar-refractivity contribution >= 4 is 22.1 Å². The number of H-pyrrole nitrogens is 1. The molecule has 1 nitrogen and oxygen atoms in total. The molecule has 0 fully saturated rings. The zero-order valence-corrected chi connectivity index (χ0v) is 9.09. The van der Waals surface area contributed by atoms with Crippen LogP contribution in [0.4, 0.5) is 0 Å². The standard InChI is InChI=1S/C4H4N.3CH3.Sn/c1-2-4-5-3-1;;;;/h1-3,5H;3*1H3;. The molecule has 0 unspecified atom stereocenters. The molecule has 1 rings (SSSR count). The maximum atomic E-state index is 3.27. The molecule has 0 bridgehead atoms. The Balaban J connectivity index is 2.90. The molecule has 0 saturated carbocycles. The molecule has 2 heteroatoms. The predicted octanol–water partition coefficient (Wildman–Crippen LogP) is 1.56. The molecule has 0 spiro atoms. The first kappa shape index (κ1) is 7.19. The van der Waals surface area contributed by atoms with Crippen molar-refractivity contribution in [1.82, 2.24) is 4.98 Å². The number of aromatic amines is 1. The van der Waals surface area contributed by atoms with E-state index in [1.807, 2.05) is 6.20 Å². The van der Waals surface area contributed by atoms with E-state index in [1.54, 1.807) is 0 Å². The normalized spacial score (nSPS) is 11.9. The number of rotatable bonds is 1. The summed E-state index contributed by atoms with van der Waals surface area (Å²) >= 11 is -1.70. The van der Waals surface area contributed by atoms with Crippen LogP contribution in [0.5, 0.6) is 0 Å². The van der Waals surface area contributed by atoms with Crippen LogP contribution < -0.4 is 3.71 Å². The molecule has 0 saturated heterocycles. The minimum absolute atomic E-state index is 1.50. The van der Waals surface area contributed by atoms with E-state index in [9.17, 15) is 0 Å². The number of hydrogen-bond acceptors (Lipinski definition) is 0. The maximum absolute atomic E-state index is 3.27. The summed E-state index contributed by atoms with van der Waals surface area (Å²) in [4.78, 5) is 10.5. The fraction of sp³-hybridized carbons (Fsp3) is 0.429. The SMILES string of the molecule is [CH3][Sn]([CH3])([CH3])[c]1ccc[nH]1. The number of aromatic nitrogens is 1. The molecular formula is C7H13NSn. The van der Waals surface area contributed by atoms with Gasteiger partial charge in [-0.15, -0.1) is 0 Å². The second-order valence-corrected chi connectivity index (χ2v) is 17.7. The average molecular weight is 230 g/mol. The molecule has 1 heterocycles. The van der Waals surface area contributed by atoms with E-state index in [2.05, 4.69) is 31.9 Å². The van der Waals surface area contributed by atoms with Gasteiger partial charge in [0.05, 0.1) is 0 Å². The van der Waals surface area contributed by atoms with Gasteiger partial charge in [-0.3, -0.25) is 0 Å². The minimum atomic E-state index is -1.70. The first-order valence-electron chi connectivity index (χ1n) is 3.24. The summed E-state index contributed by atoms with van der Waals surface area (Å²) in [7, 11) is 0. The Hall–Kier alpha value is 0.0787. The first-order valence-corrected chi connectivity index (χ1v) is 13.2.